The molecule has 0 radical (unpaired) electrons. The van der Waals surface area contributed by atoms with Crippen LogP contribution in [0.5, 0.6) is 0 Å². The van der Waals surface area contributed by atoms with Crippen LogP contribution in [0, 0.1) is 6.92 Å². The van der Waals surface area contributed by atoms with E-state index in [-0.39, 0.29) is 0 Å². The quantitative estimate of drug-likeness (QED) is 0.813. The molecule has 0 aliphatic rings. The third-order valence-corrected chi connectivity index (χ3v) is 3.08. The Kier molecular flexibility index (Phi) is 9.77. The fourth-order valence-corrected chi connectivity index (χ4v) is 1.98. The molecule has 0 unspecified atom stereocenters. The van der Waals surface area contributed by atoms with E-state index in [1.807, 2.05) is 26.8 Å². The number of ether oxygens (including phenoxy) is 1. The summed E-state index contributed by atoms with van der Waals surface area (Å²) in [5.74, 6) is 0. The lowest BCUT2D eigenvalue weighted by Gasteiger charge is -2.15. The average Bonchev–Trinajstić information content (AvgIpc) is 2.76. The first-order valence-electron chi connectivity index (χ1n) is 7.28. The van der Waals surface area contributed by atoms with Crippen LogP contribution in [0.3, 0.4) is 0 Å². The fraction of sp³-hybridized carbons (Fsp3) is 0.529. The highest BCUT2D eigenvalue weighted by Gasteiger charge is 2.11. The SMILES string of the molecule is C=Cc1[nH]c(CN(C)CCOC)c(C)c1/C=C\C.CC. The van der Waals surface area contributed by atoms with Gasteiger partial charge in [0.15, 0.2) is 0 Å². The number of likely N-dealkylation sites (N-methyl/N-ethyl adjacent to an activating group) is 1. The Hall–Kier alpha value is -1.32. The smallest absolute Gasteiger partial charge is 0.0589 e. The van der Waals surface area contributed by atoms with Crippen LogP contribution in [0.15, 0.2) is 12.7 Å². The Morgan fingerprint density at radius 2 is 2.00 bits per heavy atom. The summed E-state index contributed by atoms with van der Waals surface area (Å²) < 4.78 is 5.09. The number of aromatic nitrogens is 1. The zero-order valence-electron chi connectivity index (χ0n) is 13.9. The van der Waals surface area contributed by atoms with Crippen molar-refractivity contribution in [2.24, 2.45) is 0 Å². The summed E-state index contributed by atoms with van der Waals surface area (Å²) in [7, 11) is 3.83. The van der Waals surface area contributed by atoms with Gasteiger partial charge in [-0.1, -0.05) is 32.6 Å². The van der Waals surface area contributed by atoms with Crippen LogP contribution >= 0.6 is 0 Å². The largest absolute Gasteiger partial charge is 0.383 e. The normalized spacial score (nSPS) is 10.8. The van der Waals surface area contributed by atoms with Crippen molar-refractivity contribution in [3.8, 4) is 0 Å². The van der Waals surface area contributed by atoms with Crippen LogP contribution in [0.1, 0.15) is 43.3 Å². The van der Waals surface area contributed by atoms with E-state index in [9.17, 15) is 0 Å². The van der Waals surface area contributed by atoms with E-state index >= 15 is 0 Å². The van der Waals surface area contributed by atoms with Gasteiger partial charge in [-0.3, -0.25) is 4.90 Å². The van der Waals surface area contributed by atoms with Crippen LogP contribution < -0.4 is 0 Å². The number of H-pyrrole nitrogens is 1. The monoisotopic (exact) mass is 278 g/mol. The number of hydrogen-bond acceptors (Lipinski definition) is 2. The lowest BCUT2D eigenvalue weighted by atomic mass is 10.1. The van der Waals surface area contributed by atoms with Gasteiger partial charge in [-0.25, -0.2) is 0 Å². The first-order valence-corrected chi connectivity index (χ1v) is 7.28. The van der Waals surface area contributed by atoms with Crippen LogP contribution in [-0.2, 0) is 11.3 Å². The maximum absolute atomic E-state index is 5.09. The summed E-state index contributed by atoms with van der Waals surface area (Å²) in [6.45, 7) is 14.6. The summed E-state index contributed by atoms with van der Waals surface area (Å²) in [6, 6.07) is 0. The predicted octanol–water partition coefficient (Wildman–Crippen LogP) is 4.10. The van der Waals surface area contributed by atoms with Crippen molar-refractivity contribution in [2.75, 3.05) is 27.3 Å². The number of rotatable bonds is 7. The Balaban J connectivity index is 0.00000172. The van der Waals surface area contributed by atoms with Crippen LogP contribution in [0.25, 0.3) is 12.2 Å². The molecule has 0 saturated carbocycles. The summed E-state index contributed by atoms with van der Waals surface area (Å²) in [5.41, 5.74) is 4.88. The van der Waals surface area contributed by atoms with Gasteiger partial charge in [0.05, 0.1) is 6.61 Å². The van der Waals surface area contributed by atoms with E-state index in [0.29, 0.717) is 0 Å². The van der Waals surface area contributed by atoms with Gasteiger partial charge >= 0.3 is 0 Å². The van der Waals surface area contributed by atoms with E-state index in [0.717, 1.165) is 25.4 Å². The van der Waals surface area contributed by atoms with E-state index in [1.165, 1.54) is 16.8 Å². The molecule has 1 heterocycles. The van der Waals surface area contributed by atoms with E-state index in [4.69, 9.17) is 4.74 Å². The van der Waals surface area contributed by atoms with Crippen molar-refractivity contribution in [1.82, 2.24) is 9.88 Å². The standard InChI is InChI=1S/C15H24N2O.C2H6/c1-6-8-13-12(3)15(16-14(13)7-2)11-17(4)9-10-18-5;1-2/h6-8,16H,2,9-11H2,1,3-5H3;1-2H3/b8-6-;. The summed E-state index contributed by atoms with van der Waals surface area (Å²) in [5, 5.41) is 0. The minimum Gasteiger partial charge on any atom is -0.383 e. The molecule has 0 amide bonds. The molecule has 0 aliphatic heterocycles. The van der Waals surface area contributed by atoms with Crippen LogP contribution in [0.4, 0.5) is 0 Å². The Bertz CT molecular complexity index is 419. The zero-order valence-corrected chi connectivity index (χ0v) is 13.9. The summed E-state index contributed by atoms with van der Waals surface area (Å²) in [6.07, 6.45) is 6.06. The van der Waals surface area contributed by atoms with E-state index in [1.54, 1.807) is 7.11 Å². The highest BCUT2D eigenvalue weighted by Crippen LogP contribution is 2.21. The second kappa shape index (κ2) is 10.5. The van der Waals surface area contributed by atoms with Gasteiger partial charge in [0.2, 0.25) is 0 Å². The van der Waals surface area contributed by atoms with Crippen molar-refractivity contribution < 1.29 is 4.74 Å². The first-order chi connectivity index (χ1) is 9.63. The molecule has 1 aromatic rings. The minimum atomic E-state index is 0.756. The Labute approximate surface area is 124 Å². The van der Waals surface area contributed by atoms with Gasteiger partial charge < -0.3 is 9.72 Å². The molecule has 1 rings (SSSR count). The lowest BCUT2D eigenvalue weighted by Crippen LogP contribution is -2.22. The highest BCUT2D eigenvalue weighted by molar-refractivity contribution is 5.66. The first kappa shape index (κ1) is 18.7. The number of nitrogens with one attached hydrogen (secondary N) is 1. The van der Waals surface area contributed by atoms with Crippen molar-refractivity contribution in [3.63, 3.8) is 0 Å². The van der Waals surface area contributed by atoms with Gasteiger partial charge in [0.25, 0.3) is 0 Å². The molecule has 3 heteroatoms. The number of aromatic amines is 1. The molecule has 0 atom stereocenters. The van der Waals surface area contributed by atoms with Crippen LogP contribution in [-0.4, -0.2) is 37.2 Å². The summed E-state index contributed by atoms with van der Waals surface area (Å²) >= 11 is 0. The molecule has 0 saturated heterocycles. The summed E-state index contributed by atoms with van der Waals surface area (Å²) in [4.78, 5) is 5.68. The Morgan fingerprint density at radius 3 is 2.50 bits per heavy atom. The molecular formula is C17H30N2O. The molecule has 114 valence electrons. The van der Waals surface area contributed by atoms with E-state index < -0.39 is 0 Å². The highest BCUT2D eigenvalue weighted by atomic mass is 16.5. The molecule has 3 nitrogen and oxygen atoms in total. The van der Waals surface area contributed by atoms with Gasteiger partial charge in [0, 0.05) is 37.2 Å². The molecule has 0 aliphatic carbocycles. The molecule has 1 N–H and O–H groups in total. The van der Waals surface area contributed by atoms with Gasteiger partial charge in [-0.15, -0.1) is 0 Å². The lowest BCUT2D eigenvalue weighted by molar-refractivity contribution is 0.158. The molecule has 20 heavy (non-hydrogen) atoms. The molecular weight excluding hydrogens is 248 g/mol. The predicted molar refractivity (Wildman–Crippen MR) is 89.9 cm³/mol. The van der Waals surface area contributed by atoms with E-state index in [2.05, 4.69) is 42.6 Å². The topological polar surface area (TPSA) is 28.3 Å². The van der Waals surface area contributed by atoms with Crippen molar-refractivity contribution in [1.29, 1.82) is 0 Å². The average molecular weight is 278 g/mol. The molecule has 0 spiro atoms. The third-order valence-electron chi connectivity index (χ3n) is 3.08. The maximum Gasteiger partial charge on any atom is 0.0589 e. The minimum absolute atomic E-state index is 0.756. The van der Waals surface area contributed by atoms with Gasteiger partial charge in [-0.2, -0.15) is 0 Å². The van der Waals surface area contributed by atoms with Crippen molar-refractivity contribution >= 4 is 12.2 Å². The number of allylic oxidation sites excluding steroid dienone is 1. The van der Waals surface area contributed by atoms with Crippen molar-refractivity contribution in [3.05, 3.63) is 35.2 Å². The second-order valence-corrected chi connectivity index (χ2v) is 4.49. The second-order valence-electron chi connectivity index (χ2n) is 4.49. The maximum atomic E-state index is 5.09. The molecule has 0 fully saturated rings. The number of nitrogens with zero attached hydrogens (tertiary/aromatic N) is 1. The molecule has 0 aromatic carbocycles. The Morgan fingerprint density at radius 1 is 1.35 bits per heavy atom. The molecule has 1 aromatic heterocycles. The van der Waals surface area contributed by atoms with Gasteiger partial charge in [0.1, 0.15) is 0 Å². The van der Waals surface area contributed by atoms with Crippen LogP contribution in [0.2, 0.25) is 0 Å². The molecule has 0 bridgehead atoms. The zero-order chi connectivity index (χ0) is 15.5. The number of methoxy groups -OCH3 is 1. The van der Waals surface area contributed by atoms with Gasteiger partial charge in [-0.05, 0) is 32.5 Å². The fourth-order valence-electron chi connectivity index (χ4n) is 1.98. The van der Waals surface area contributed by atoms with Crippen molar-refractivity contribution in [2.45, 2.75) is 34.2 Å². The number of hydrogen-bond donors (Lipinski definition) is 1. The third kappa shape index (κ3) is 5.35.